The summed E-state index contributed by atoms with van der Waals surface area (Å²) in [6.07, 6.45) is 0. The lowest BCUT2D eigenvalue weighted by Crippen LogP contribution is -2.22. The largest absolute Gasteiger partial charge is 0.353 e. The first-order chi connectivity index (χ1) is 9.15. The zero-order valence-electron chi connectivity index (χ0n) is 10.4. The molecule has 3 aromatic rings. The summed E-state index contributed by atoms with van der Waals surface area (Å²) in [6.45, 7) is 2.39. The summed E-state index contributed by atoms with van der Waals surface area (Å²) in [5.74, 6) is 0. The summed E-state index contributed by atoms with van der Waals surface area (Å²) in [5.41, 5.74) is 3.23. The van der Waals surface area contributed by atoms with Gasteiger partial charge in [0.15, 0.2) is 4.77 Å². The van der Waals surface area contributed by atoms with Crippen LogP contribution in [0.5, 0.6) is 0 Å². The zero-order chi connectivity index (χ0) is 13.4. The number of aromatic amines is 2. The quantitative estimate of drug-likeness (QED) is 0.704. The predicted molar refractivity (Wildman–Crippen MR) is 78.0 cm³/mol. The van der Waals surface area contributed by atoms with Gasteiger partial charge in [-0.1, -0.05) is 30.3 Å². The monoisotopic (exact) mass is 271 g/mol. The fraction of sp³-hybridized carbons (Fsp3) is 0.143. The fourth-order valence-electron chi connectivity index (χ4n) is 2.18. The van der Waals surface area contributed by atoms with Gasteiger partial charge >= 0.3 is 0 Å². The van der Waals surface area contributed by atoms with Crippen LogP contribution in [0.3, 0.4) is 0 Å². The minimum Gasteiger partial charge on any atom is -0.353 e. The Morgan fingerprint density at radius 2 is 1.95 bits per heavy atom. The third-order valence-corrected chi connectivity index (χ3v) is 3.40. The summed E-state index contributed by atoms with van der Waals surface area (Å²) >= 11 is 5.27. The Hall–Kier alpha value is -2.14. The average molecular weight is 271 g/mol. The van der Waals surface area contributed by atoms with Crippen molar-refractivity contribution in [2.75, 3.05) is 0 Å². The molecule has 1 aromatic carbocycles. The van der Waals surface area contributed by atoms with Crippen LogP contribution in [0, 0.1) is 11.7 Å². The Morgan fingerprint density at radius 1 is 1.21 bits per heavy atom. The van der Waals surface area contributed by atoms with E-state index in [4.69, 9.17) is 12.2 Å². The van der Waals surface area contributed by atoms with Gasteiger partial charge < -0.3 is 9.97 Å². The molecule has 0 atom stereocenters. The van der Waals surface area contributed by atoms with Gasteiger partial charge in [-0.05, 0) is 30.8 Å². The van der Waals surface area contributed by atoms with Crippen molar-refractivity contribution in [1.29, 1.82) is 0 Å². The van der Waals surface area contributed by atoms with Crippen LogP contribution in [-0.4, -0.2) is 14.5 Å². The highest BCUT2D eigenvalue weighted by atomic mass is 32.1. The number of hydrogen-bond acceptors (Lipinski definition) is 2. The first-order valence-electron chi connectivity index (χ1n) is 6.01. The van der Waals surface area contributed by atoms with Crippen molar-refractivity contribution >= 4 is 23.3 Å². The molecule has 0 aliphatic carbocycles. The molecule has 3 rings (SSSR count). The highest BCUT2D eigenvalue weighted by molar-refractivity contribution is 7.71. The van der Waals surface area contributed by atoms with Gasteiger partial charge in [-0.15, -0.1) is 0 Å². The van der Waals surface area contributed by atoms with Gasteiger partial charge in [0.05, 0.1) is 12.1 Å². The number of rotatable bonds is 2. The third kappa shape index (κ3) is 2.13. The van der Waals surface area contributed by atoms with E-state index in [1.54, 1.807) is 4.57 Å². The highest BCUT2D eigenvalue weighted by Gasteiger charge is 2.08. The Kier molecular flexibility index (Phi) is 2.83. The van der Waals surface area contributed by atoms with Crippen LogP contribution in [-0.2, 0) is 6.54 Å². The normalized spacial score (nSPS) is 11.0. The van der Waals surface area contributed by atoms with Gasteiger partial charge in [0.1, 0.15) is 5.52 Å². The predicted octanol–water partition coefficient (Wildman–Crippen LogP) is 2.74. The SMILES string of the molecule is Cc1cc2[nH]c(=S)n(Cc3ccccc3)c(=O)c2[nH]1. The molecule has 0 radical (unpaired) electrons. The van der Waals surface area contributed by atoms with E-state index >= 15 is 0 Å². The summed E-state index contributed by atoms with van der Waals surface area (Å²) in [5, 5.41) is 0. The second-order valence-electron chi connectivity index (χ2n) is 4.55. The van der Waals surface area contributed by atoms with Crippen LogP contribution in [0.2, 0.25) is 0 Å². The van der Waals surface area contributed by atoms with Crippen LogP contribution in [0.15, 0.2) is 41.2 Å². The number of aromatic nitrogens is 3. The average Bonchev–Trinajstić information content (AvgIpc) is 2.76. The molecule has 2 aromatic heterocycles. The Morgan fingerprint density at radius 3 is 2.68 bits per heavy atom. The number of nitrogens with one attached hydrogen (secondary N) is 2. The topological polar surface area (TPSA) is 53.6 Å². The van der Waals surface area contributed by atoms with E-state index in [2.05, 4.69) is 9.97 Å². The molecule has 0 spiro atoms. The second-order valence-corrected chi connectivity index (χ2v) is 4.93. The van der Waals surface area contributed by atoms with Crippen molar-refractivity contribution in [3.63, 3.8) is 0 Å². The van der Waals surface area contributed by atoms with Crippen LogP contribution in [0.4, 0.5) is 0 Å². The van der Waals surface area contributed by atoms with Gasteiger partial charge in [-0.2, -0.15) is 0 Å². The van der Waals surface area contributed by atoms with E-state index in [-0.39, 0.29) is 5.56 Å². The molecule has 0 saturated heterocycles. The van der Waals surface area contributed by atoms with Crippen molar-refractivity contribution in [1.82, 2.24) is 14.5 Å². The van der Waals surface area contributed by atoms with Gasteiger partial charge in [-0.3, -0.25) is 9.36 Å². The van der Waals surface area contributed by atoms with Gasteiger partial charge in [0.2, 0.25) is 0 Å². The van der Waals surface area contributed by atoms with Crippen LogP contribution < -0.4 is 5.56 Å². The molecule has 0 saturated carbocycles. The lowest BCUT2D eigenvalue weighted by Gasteiger charge is -2.06. The molecule has 0 aliphatic heterocycles. The van der Waals surface area contributed by atoms with E-state index in [1.807, 2.05) is 43.3 Å². The molecule has 4 nitrogen and oxygen atoms in total. The Bertz CT molecular complexity index is 842. The Labute approximate surface area is 114 Å². The Balaban J connectivity index is 2.19. The molecule has 19 heavy (non-hydrogen) atoms. The number of H-pyrrole nitrogens is 2. The van der Waals surface area contributed by atoms with E-state index in [9.17, 15) is 4.79 Å². The van der Waals surface area contributed by atoms with E-state index in [0.717, 1.165) is 16.8 Å². The second kappa shape index (κ2) is 4.51. The molecule has 96 valence electrons. The van der Waals surface area contributed by atoms with Crippen molar-refractivity contribution in [3.8, 4) is 0 Å². The lowest BCUT2D eigenvalue weighted by atomic mass is 10.2. The third-order valence-electron chi connectivity index (χ3n) is 3.08. The lowest BCUT2D eigenvalue weighted by molar-refractivity contribution is 0.733. The minimum atomic E-state index is -0.0873. The standard InChI is InChI=1S/C14H13N3OS/c1-9-7-11-12(15-9)13(18)17(14(19)16-11)8-10-5-3-2-4-6-10/h2-7,15H,8H2,1H3,(H,16,19). The fourth-order valence-corrected chi connectivity index (χ4v) is 2.43. The van der Waals surface area contributed by atoms with Crippen LogP contribution >= 0.6 is 12.2 Å². The molecule has 0 fully saturated rings. The number of fused-ring (bicyclic) bond motifs is 1. The van der Waals surface area contributed by atoms with Gasteiger partial charge in [0.25, 0.3) is 5.56 Å². The molecular formula is C14H13N3OS. The summed E-state index contributed by atoms with van der Waals surface area (Å²) in [6, 6.07) is 11.7. The zero-order valence-corrected chi connectivity index (χ0v) is 11.3. The molecule has 5 heteroatoms. The first-order valence-corrected chi connectivity index (χ1v) is 6.42. The number of hydrogen-bond donors (Lipinski definition) is 2. The minimum absolute atomic E-state index is 0.0873. The molecule has 2 N–H and O–H groups in total. The molecule has 0 amide bonds. The van der Waals surface area contributed by atoms with Gasteiger partial charge in [-0.25, -0.2) is 0 Å². The molecule has 0 bridgehead atoms. The first kappa shape index (κ1) is 11.9. The molecular weight excluding hydrogens is 258 g/mol. The maximum atomic E-state index is 12.4. The van der Waals surface area contributed by atoms with Crippen molar-refractivity contribution in [2.24, 2.45) is 0 Å². The van der Waals surface area contributed by atoms with Gasteiger partial charge in [0, 0.05) is 5.69 Å². The van der Waals surface area contributed by atoms with Crippen molar-refractivity contribution in [3.05, 3.63) is 62.8 Å². The van der Waals surface area contributed by atoms with E-state index in [1.165, 1.54) is 0 Å². The summed E-state index contributed by atoms with van der Waals surface area (Å²) in [7, 11) is 0. The van der Waals surface area contributed by atoms with Crippen LogP contribution in [0.1, 0.15) is 11.3 Å². The molecule has 0 aliphatic rings. The van der Waals surface area contributed by atoms with Crippen LogP contribution in [0.25, 0.3) is 11.0 Å². The van der Waals surface area contributed by atoms with E-state index < -0.39 is 0 Å². The summed E-state index contributed by atoms with van der Waals surface area (Å²) in [4.78, 5) is 18.6. The maximum absolute atomic E-state index is 12.4. The van der Waals surface area contributed by atoms with Crippen molar-refractivity contribution in [2.45, 2.75) is 13.5 Å². The van der Waals surface area contributed by atoms with E-state index in [0.29, 0.717) is 16.8 Å². The molecule has 0 unspecified atom stereocenters. The number of benzene rings is 1. The highest BCUT2D eigenvalue weighted by Crippen LogP contribution is 2.09. The summed E-state index contributed by atoms with van der Waals surface area (Å²) < 4.78 is 2.02. The van der Waals surface area contributed by atoms with Crippen molar-refractivity contribution < 1.29 is 0 Å². The smallest absolute Gasteiger partial charge is 0.278 e. The number of aryl methyl sites for hydroxylation is 1. The number of nitrogens with zero attached hydrogens (tertiary/aromatic N) is 1. The maximum Gasteiger partial charge on any atom is 0.278 e. The molecule has 2 heterocycles.